The van der Waals surface area contributed by atoms with Crippen molar-refractivity contribution in [2.75, 3.05) is 6.54 Å². The Kier molecular flexibility index (Phi) is 2.44. The van der Waals surface area contributed by atoms with Crippen molar-refractivity contribution in [2.24, 2.45) is 11.7 Å². The summed E-state index contributed by atoms with van der Waals surface area (Å²) in [4.78, 5) is 24.6. The van der Waals surface area contributed by atoms with E-state index < -0.39 is 0 Å². The number of primary amides is 1. The van der Waals surface area contributed by atoms with Crippen LogP contribution in [0.5, 0.6) is 0 Å². The Hall–Kier alpha value is -1.06. The minimum absolute atomic E-state index is 0.147. The maximum atomic E-state index is 11.8. The second-order valence-electron chi connectivity index (χ2n) is 4.22. The molecule has 0 radical (unpaired) electrons. The molecular formula is C10H16N2O2. The first-order valence-corrected chi connectivity index (χ1v) is 5.30. The summed E-state index contributed by atoms with van der Waals surface area (Å²) in [6.07, 6.45) is 4.72. The topological polar surface area (TPSA) is 63.4 Å². The summed E-state index contributed by atoms with van der Waals surface area (Å²) in [5, 5.41) is 0. The van der Waals surface area contributed by atoms with Crippen LogP contribution in [0.4, 0.5) is 0 Å². The molecule has 2 amide bonds. The van der Waals surface area contributed by atoms with Crippen LogP contribution < -0.4 is 5.73 Å². The highest BCUT2D eigenvalue weighted by Gasteiger charge is 2.38. The van der Waals surface area contributed by atoms with Gasteiger partial charge in [0.2, 0.25) is 11.8 Å². The minimum atomic E-state index is -0.348. The third-order valence-corrected chi connectivity index (χ3v) is 3.04. The molecule has 0 aromatic carbocycles. The Morgan fingerprint density at radius 3 is 2.43 bits per heavy atom. The lowest BCUT2D eigenvalue weighted by atomic mass is 10.0. The van der Waals surface area contributed by atoms with Gasteiger partial charge in [-0.25, -0.2) is 0 Å². The van der Waals surface area contributed by atoms with Gasteiger partial charge < -0.3 is 10.6 Å². The van der Waals surface area contributed by atoms with Gasteiger partial charge in [-0.1, -0.05) is 0 Å². The maximum Gasteiger partial charge on any atom is 0.240 e. The van der Waals surface area contributed by atoms with E-state index in [0.717, 1.165) is 32.1 Å². The van der Waals surface area contributed by atoms with Crippen LogP contribution in [0.3, 0.4) is 0 Å². The highest BCUT2D eigenvalue weighted by Crippen LogP contribution is 2.33. The molecule has 2 aliphatic rings. The first-order chi connectivity index (χ1) is 6.70. The lowest BCUT2D eigenvalue weighted by molar-refractivity contribution is -0.142. The molecule has 2 N–H and O–H groups in total. The standard InChI is InChI=1S/C10H16N2O2/c11-9(13)8-3-1-2-6-12(8)10(14)7-4-5-7/h7-8H,1-6H2,(H2,11,13). The average molecular weight is 196 g/mol. The number of rotatable bonds is 2. The summed E-state index contributed by atoms with van der Waals surface area (Å²) in [5.74, 6) is -0.0119. The fourth-order valence-corrected chi connectivity index (χ4v) is 2.06. The number of piperidine rings is 1. The summed E-state index contributed by atoms with van der Waals surface area (Å²) in [6.45, 7) is 0.711. The smallest absolute Gasteiger partial charge is 0.240 e. The van der Waals surface area contributed by atoms with Crippen molar-refractivity contribution in [3.63, 3.8) is 0 Å². The number of amides is 2. The number of likely N-dealkylation sites (tertiary alicyclic amines) is 1. The minimum Gasteiger partial charge on any atom is -0.368 e. The van der Waals surface area contributed by atoms with E-state index in [1.165, 1.54) is 0 Å². The average Bonchev–Trinajstić information content (AvgIpc) is 3.00. The van der Waals surface area contributed by atoms with E-state index in [2.05, 4.69) is 0 Å². The summed E-state index contributed by atoms with van der Waals surface area (Å²) in [6, 6.07) is -0.336. The summed E-state index contributed by atoms with van der Waals surface area (Å²) < 4.78 is 0. The number of carbonyl (C=O) groups is 2. The molecular weight excluding hydrogens is 180 g/mol. The summed E-state index contributed by atoms with van der Waals surface area (Å²) in [7, 11) is 0. The second kappa shape index (κ2) is 3.59. The van der Waals surface area contributed by atoms with Crippen molar-refractivity contribution < 1.29 is 9.59 Å². The quantitative estimate of drug-likeness (QED) is 0.688. The van der Waals surface area contributed by atoms with Crippen molar-refractivity contribution in [2.45, 2.75) is 38.1 Å². The van der Waals surface area contributed by atoms with Gasteiger partial charge >= 0.3 is 0 Å². The molecule has 78 valence electrons. The normalized spacial score (nSPS) is 27.4. The molecule has 2 rings (SSSR count). The highest BCUT2D eigenvalue weighted by molar-refractivity contribution is 5.88. The fourth-order valence-electron chi connectivity index (χ4n) is 2.06. The first-order valence-electron chi connectivity index (χ1n) is 5.30. The fraction of sp³-hybridized carbons (Fsp3) is 0.800. The largest absolute Gasteiger partial charge is 0.368 e. The molecule has 1 saturated carbocycles. The van der Waals surface area contributed by atoms with Crippen molar-refractivity contribution >= 4 is 11.8 Å². The Balaban J connectivity index is 2.05. The molecule has 1 aliphatic heterocycles. The number of nitrogens with two attached hydrogens (primary N) is 1. The van der Waals surface area contributed by atoms with Crippen molar-refractivity contribution in [1.82, 2.24) is 4.90 Å². The van der Waals surface area contributed by atoms with E-state index in [1.54, 1.807) is 4.90 Å². The molecule has 1 heterocycles. The second-order valence-corrected chi connectivity index (χ2v) is 4.22. The number of carbonyl (C=O) groups excluding carboxylic acids is 2. The van der Waals surface area contributed by atoms with Gasteiger partial charge in [-0.15, -0.1) is 0 Å². The molecule has 2 fully saturated rings. The van der Waals surface area contributed by atoms with Crippen LogP contribution in [-0.2, 0) is 9.59 Å². The predicted octanol–water partition coefficient (Wildman–Crippen LogP) is 0.263. The van der Waals surface area contributed by atoms with Crippen molar-refractivity contribution in [3.8, 4) is 0 Å². The van der Waals surface area contributed by atoms with Gasteiger partial charge in [-0.2, -0.15) is 0 Å². The third-order valence-electron chi connectivity index (χ3n) is 3.04. The van der Waals surface area contributed by atoms with E-state index in [0.29, 0.717) is 6.54 Å². The Morgan fingerprint density at radius 1 is 1.14 bits per heavy atom. The highest BCUT2D eigenvalue weighted by atomic mass is 16.2. The molecule has 1 saturated heterocycles. The monoisotopic (exact) mass is 196 g/mol. The van der Waals surface area contributed by atoms with Gasteiger partial charge in [0.15, 0.2) is 0 Å². The molecule has 4 heteroatoms. The molecule has 0 aromatic rings. The Morgan fingerprint density at radius 2 is 1.86 bits per heavy atom. The van der Waals surface area contributed by atoms with Crippen LogP contribution in [0.2, 0.25) is 0 Å². The van der Waals surface area contributed by atoms with Gasteiger partial charge in [-0.3, -0.25) is 9.59 Å². The van der Waals surface area contributed by atoms with Crippen LogP contribution in [-0.4, -0.2) is 29.3 Å². The summed E-state index contributed by atoms with van der Waals surface area (Å²) >= 11 is 0. The molecule has 1 unspecified atom stereocenters. The molecule has 4 nitrogen and oxygen atoms in total. The first kappa shape index (κ1) is 9.49. The number of nitrogens with zero attached hydrogens (tertiary/aromatic N) is 1. The zero-order valence-corrected chi connectivity index (χ0v) is 8.24. The van der Waals surface area contributed by atoms with Gasteiger partial charge in [0.25, 0.3) is 0 Å². The van der Waals surface area contributed by atoms with Gasteiger partial charge in [0.1, 0.15) is 6.04 Å². The molecule has 0 bridgehead atoms. The zero-order chi connectivity index (χ0) is 10.1. The Bertz CT molecular complexity index is 261. The molecule has 0 aromatic heterocycles. The van der Waals surface area contributed by atoms with Crippen LogP contribution in [0.1, 0.15) is 32.1 Å². The van der Waals surface area contributed by atoms with E-state index >= 15 is 0 Å². The van der Waals surface area contributed by atoms with Crippen molar-refractivity contribution in [3.05, 3.63) is 0 Å². The molecule has 0 spiro atoms. The number of hydrogen-bond acceptors (Lipinski definition) is 2. The van der Waals surface area contributed by atoms with E-state index in [4.69, 9.17) is 5.73 Å². The molecule has 14 heavy (non-hydrogen) atoms. The van der Waals surface area contributed by atoms with Crippen LogP contribution in [0, 0.1) is 5.92 Å². The van der Waals surface area contributed by atoms with Gasteiger partial charge in [-0.05, 0) is 32.1 Å². The SMILES string of the molecule is NC(=O)C1CCCCN1C(=O)C1CC1. The van der Waals surface area contributed by atoms with Crippen molar-refractivity contribution in [1.29, 1.82) is 0 Å². The lowest BCUT2D eigenvalue weighted by Crippen LogP contribution is -2.51. The lowest BCUT2D eigenvalue weighted by Gasteiger charge is -2.33. The zero-order valence-electron chi connectivity index (χ0n) is 8.24. The number of hydrogen-bond donors (Lipinski definition) is 1. The van der Waals surface area contributed by atoms with Gasteiger partial charge in [0.05, 0.1) is 0 Å². The third kappa shape index (κ3) is 1.74. The Labute approximate surface area is 83.4 Å². The summed E-state index contributed by atoms with van der Waals surface area (Å²) in [5.41, 5.74) is 5.28. The van der Waals surface area contributed by atoms with Gasteiger partial charge in [0, 0.05) is 12.5 Å². The van der Waals surface area contributed by atoms with Crippen LogP contribution >= 0.6 is 0 Å². The van der Waals surface area contributed by atoms with E-state index in [1.807, 2.05) is 0 Å². The molecule has 1 atom stereocenters. The van der Waals surface area contributed by atoms with Crippen LogP contribution in [0.15, 0.2) is 0 Å². The van der Waals surface area contributed by atoms with E-state index in [9.17, 15) is 9.59 Å². The van der Waals surface area contributed by atoms with Crippen LogP contribution in [0.25, 0.3) is 0 Å². The van der Waals surface area contributed by atoms with E-state index in [-0.39, 0.29) is 23.8 Å². The molecule has 1 aliphatic carbocycles. The predicted molar refractivity (Wildman–Crippen MR) is 51.3 cm³/mol. The maximum absolute atomic E-state index is 11.8.